The van der Waals surface area contributed by atoms with Crippen LogP contribution in [-0.4, -0.2) is 42.6 Å². The summed E-state index contributed by atoms with van der Waals surface area (Å²) in [6.07, 6.45) is 1.74. The van der Waals surface area contributed by atoms with E-state index in [1.165, 1.54) is 5.56 Å². The van der Waals surface area contributed by atoms with Crippen LogP contribution in [0.4, 0.5) is 17.5 Å². The van der Waals surface area contributed by atoms with Crippen molar-refractivity contribution in [2.75, 3.05) is 37.0 Å². The summed E-state index contributed by atoms with van der Waals surface area (Å²) < 4.78 is 5.89. The first-order valence-electron chi connectivity index (χ1n) is 9.97. The van der Waals surface area contributed by atoms with Crippen LogP contribution in [0.1, 0.15) is 15.9 Å². The summed E-state index contributed by atoms with van der Waals surface area (Å²) in [5.41, 5.74) is 2.57. The fourth-order valence-corrected chi connectivity index (χ4v) is 3.31. The number of hydrogen-bond acceptors (Lipinski definition) is 6. The number of rotatable bonds is 7. The summed E-state index contributed by atoms with van der Waals surface area (Å²) in [5.74, 6) is 2.63. The molecule has 0 spiro atoms. The molecule has 3 aromatic rings. The summed E-state index contributed by atoms with van der Waals surface area (Å²) >= 11 is 0. The van der Waals surface area contributed by atoms with Gasteiger partial charge in [0.25, 0.3) is 5.91 Å². The number of nitrogens with one attached hydrogen (secondary N) is 2. The number of carbonyl (C=O) groups is 1. The number of carbonyl (C=O) groups excluding carboxylic acids is 1. The first-order chi connectivity index (χ1) is 14.6. The van der Waals surface area contributed by atoms with Gasteiger partial charge < -0.3 is 20.3 Å². The summed E-state index contributed by atoms with van der Waals surface area (Å²) in [6.45, 7) is 4.56. The van der Waals surface area contributed by atoms with E-state index in [9.17, 15) is 4.79 Å². The lowest BCUT2D eigenvalue weighted by Crippen LogP contribution is -2.49. The van der Waals surface area contributed by atoms with Gasteiger partial charge in [0.2, 0.25) is 5.95 Å². The Hall–Kier alpha value is -3.61. The van der Waals surface area contributed by atoms with Gasteiger partial charge in [-0.15, -0.1) is 0 Å². The molecule has 2 aromatic carbocycles. The van der Waals surface area contributed by atoms with Crippen LogP contribution in [-0.2, 0) is 0 Å². The minimum atomic E-state index is -0.132. The summed E-state index contributed by atoms with van der Waals surface area (Å²) in [4.78, 5) is 22.9. The molecular formula is C23H25N5O2. The average molecular weight is 403 g/mol. The highest BCUT2D eigenvalue weighted by atomic mass is 16.5. The topological polar surface area (TPSA) is 79.4 Å². The predicted molar refractivity (Wildman–Crippen MR) is 118 cm³/mol. The van der Waals surface area contributed by atoms with Crippen molar-refractivity contribution in [2.45, 2.75) is 6.92 Å². The van der Waals surface area contributed by atoms with Gasteiger partial charge in [-0.3, -0.25) is 4.79 Å². The van der Waals surface area contributed by atoms with Crippen molar-refractivity contribution in [2.24, 2.45) is 5.92 Å². The molecule has 1 aromatic heterocycles. The number of hydrogen-bond donors (Lipinski definition) is 2. The summed E-state index contributed by atoms with van der Waals surface area (Å²) in [6, 6.07) is 17.3. The molecule has 4 rings (SSSR count). The van der Waals surface area contributed by atoms with Crippen LogP contribution in [0.3, 0.4) is 0 Å². The molecule has 1 fully saturated rings. The largest absolute Gasteiger partial charge is 0.493 e. The quantitative estimate of drug-likeness (QED) is 0.629. The Morgan fingerprint density at radius 3 is 2.73 bits per heavy atom. The standard InChI is InChI=1S/C23H25N5O2/c1-16-6-8-20(9-7-16)30-15-17-13-28(14-17)21-10-11-25-23(27-21)26-19-5-3-4-18(12-19)22(29)24-2/h3-12,17H,13-15H2,1-2H3,(H,24,29)(H,25,26,27). The molecule has 0 saturated carbocycles. The van der Waals surface area contributed by atoms with Gasteiger partial charge in [-0.25, -0.2) is 4.98 Å². The van der Waals surface area contributed by atoms with Crippen molar-refractivity contribution in [1.82, 2.24) is 15.3 Å². The minimum Gasteiger partial charge on any atom is -0.493 e. The average Bonchev–Trinajstić information content (AvgIpc) is 2.74. The maximum atomic E-state index is 11.8. The second-order valence-electron chi connectivity index (χ2n) is 7.42. The van der Waals surface area contributed by atoms with E-state index in [1.54, 1.807) is 25.4 Å². The Morgan fingerprint density at radius 2 is 1.97 bits per heavy atom. The molecule has 0 aliphatic carbocycles. The van der Waals surface area contributed by atoms with Gasteiger partial charge in [0.15, 0.2) is 0 Å². The van der Waals surface area contributed by atoms with Crippen LogP contribution < -0.4 is 20.3 Å². The molecule has 30 heavy (non-hydrogen) atoms. The number of aryl methyl sites for hydroxylation is 1. The van der Waals surface area contributed by atoms with Crippen LogP contribution >= 0.6 is 0 Å². The van der Waals surface area contributed by atoms with Gasteiger partial charge in [0, 0.05) is 43.5 Å². The van der Waals surface area contributed by atoms with Gasteiger partial charge in [-0.2, -0.15) is 4.98 Å². The normalized spacial score (nSPS) is 13.5. The molecular weight excluding hydrogens is 378 g/mol. The third-order valence-corrected chi connectivity index (χ3v) is 5.04. The van der Waals surface area contributed by atoms with Crippen molar-refractivity contribution in [1.29, 1.82) is 0 Å². The number of anilines is 3. The first kappa shape index (κ1) is 19.7. The SMILES string of the molecule is CNC(=O)c1cccc(Nc2nccc(N3CC(COc4ccc(C)cc4)C3)n2)c1. The molecule has 0 unspecified atom stereocenters. The number of nitrogens with zero attached hydrogens (tertiary/aromatic N) is 3. The van der Waals surface area contributed by atoms with Gasteiger partial charge in [0.1, 0.15) is 11.6 Å². The van der Waals surface area contributed by atoms with Crippen molar-refractivity contribution < 1.29 is 9.53 Å². The van der Waals surface area contributed by atoms with Crippen LogP contribution in [0.2, 0.25) is 0 Å². The molecule has 2 N–H and O–H groups in total. The first-order valence-corrected chi connectivity index (χ1v) is 9.97. The zero-order valence-electron chi connectivity index (χ0n) is 17.1. The smallest absolute Gasteiger partial charge is 0.251 e. The second-order valence-corrected chi connectivity index (χ2v) is 7.42. The predicted octanol–water partition coefficient (Wildman–Crippen LogP) is 3.40. The number of aromatic nitrogens is 2. The Bertz CT molecular complexity index is 1020. The van der Waals surface area contributed by atoms with E-state index < -0.39 is 0 Å². The molecule has 2 heterocycles. The van der Waals surface area contributed by atoms with Crippen LogP contribution in [0, 0.1) is 12.8 Å². The third-order valence-electron chi connectivity index (χ3n) is 5.04. The van der Waals surface area contributed by atoms with Gasteiger partial charge >= 0.3 is 0 Å². The number of benzene rings is 2. The van der Waals surface area contributed by atoms with E-state index in [1.807, 2.05) is 30.3 Å². The fourth-order valence-electron chi connectivity index (χ4n) is 3.31. The van der Waals surface area contributed by atoms with E-state index in [0.29, 0.717) is 24.0 Å². The Balaban J connectivity index is 1.32. The highest BCUT2D eigenvalue weighted by molar-refractivity contribution is 5.95. The molecule has 154 valence electrons. The van der Waals surface area contributed by atoms with Gasteiger partial charge in [0.05, 0.1) is 6.61 Å². The molecule has 1 aliphatic rings. The number of amides is 1. The second kappa shape index (κ2) is 8.82. The molecule has 7 heteroatoms. The van der Waals surface area contributed by atoms with Crippen molar-refractivity contribution in [3.8, 4) is 5.75 Å². The van der Waals surface area contributed by atoms with Crippen molar-refractivity contribution >= 4 is 23.4 Å². The fraction of sp³-hybridized carbons (Fsp3) is 0.261. The molecule has 0 atom stereocenters. The zero-order chi connectivity index (χ0) is 20.9. The summed E-state index contributed by atoms with van der Waals surface area (Å²) in [7, 11) is 1.61. The highest BCUT2D eigenvalue weighted by Crippen LogP contribution is 2.25. The highest BCUT2D eigenvalue weighted by Gasteiger charge is 2.28. The van der Waals surface area contributed by atoms with E-state index in [2.05, 4.69) is 44.6 Å². The molecule has 1 saturated heterocycles. The lowest BCUT2D eigenvalue weighted by molar-refractivity contribution is 0.0963. The molecule has 1 aliphatic heterocycles. The molecule has 7 nitrogen and oxygen atoms in total. The maximum Gasteiger partial charge on any atom is 0.251 e. The van der Waals surface area contributed by atoms with Gasteiger partial charge in [-0.05, 0) is 43.3 Å². The minimum absolute atomic E-state index is 0.132. The summed E-state index contributed by atoms with van der Waals surface area (Å²) in [5, 5.41) is 5.80. The van der Waals surface area contributed by atoms with Gasteiger partial charge in [-0.1, -0.05) is 23.8 Å². The van der Waals surface area contributed by atoms with E-state index in [-0.39, 0.29) is 5.91 Å². The molecule has 0 bridgehead atoms. The lowest BCUT2D eigenvalue weighted by Gasteiger charge is -2.39. The Kier molecular flexibility index (Phi) is 5.79. The molecule has 1 amide bonds. The Morgan fingerprint density at radius 1 is 1.17 bits per heavy atom. The van der Waals surface area contributed by atoms with E-state index in [4.69, 9.17) is 4.74 Å². The van der Waals surface area contributed by atoms with Crippen LogP contribution in [0.25, 0.3) is 0 Å². The van der Waals surface area contributed by atoms with E-state index in [0.717, 1.165) is 30.3 Å². The molecule has 0 radical (unpaired) electrons. The lowest BCUT2D eigenvalue weighted by atomic mass is 10.0. The van der Waals surface area contributed by atoms with Crippen LogP contribution in [0.15, 0.2) is 60.8 Å². The third kappa shape index (κ3) is 4.68. The monoisotopic (exact) mass is 403 g/mol. The van der Waals surface area contributed by atoms with Crippen molar-refractivity contribution in [3.05, 3.63) is 71.9 Å². The van der Waals surface area contributed by atoms with E-state index >= 15 is 0 Å². The Labute approximate surface area is 176 Å². The zero-order valence-corrected chi connectivity index (χ0v) is 17.1. The van der Waals surface area contributed by atoms with Crippen LogP contribution in [0.5, 0.6) is 5.75 Å². The van der Waals surface area contributed by atoms with Crippen molar-refractivity contribution in [3.63, 3.8) is 0 Å². The maximum absolute atomic E-state index is 11.8. The number of ether oxygens (including phenoxy) is 1.